The Hall–Kier alpha value is -2.00. The van der Waals surface area contributed by atoms with Crippen LogP contribution in [-0.2, 0) is 14.3 Å². The number of nitrogens with zero attached hydrogens (tertiary/aromatic N) is 1. The Balaban J connectivity index is 4.46. The minimum Gasteiger partial charge on any atom is -0.480 e. The molecule has 0 aliphatic carbocycles. The zero-order valence-corrected chi connectivity index (χ0v) is 9.99. The van der Waals surface area contributed by atoms with Gasteiger partial charge in [0.1, 0.15) is 19.6 Å². The molecule has 0 aromatic heterocycles. The first-order chi connectivity index (χ1) is 8.65. The smallest absolute Gasteiger partial charge is 0.406 e. The number of alkyl halides is 3. The first-order valence-electron chi connectivity index (χ1n) is 5.12. The molecular formula is C9H13F3N2O5. The number of halogens is 3. The van der Waals surface area contributed by atoms with Gasteiger partial charge in [-0.05, 0) is 6.92 Å². The number of rotatable bonds is 6. The molecule has 0 aromatic rings. The molecule has 0 unspecified atom stereocenters. The van der Waals surface area contributed by atoms with Gasteiger partial charge in [-0.1, -0.05) is 0 Å². The van der Waals surface area contributed by atoms with Gasteiger partial charge in [0.25, 0.3) is 0 Å². The van der Waals surface area contributed by atoms with Crippen molar-refractivity contribution >= 4 is 18.0 Å². The average molecular weight is 286 g/mol. The van der Waals surface area contributed by atoms with Gasteiger partial charge in [0.15, 0.2) is 0 Å². The summed E-state index contributed by atoms with van der Waals surface area (Å²) < 4.78 is 40.8. The highest BCUT2D eigenvalue weighted by molar-refractivity contribution is 5.83. The lowest BCUT2D eigenvalue weighted by molar-refractivity contribution is -0.148. The molecule has 0 heterocycles. The zero-order chi connectivity index (χ0) is 15.1. The Kier molecular flexibility index (Phi) is 6.66. The average Bonchev–Trinajstić information content (AvgIpc) is 2.22. The third-order valence-corrected chi connectivity index (χ3v) is 1.67. The van der Waals surface area contributed by atoms with Gasteiger partial charge in [0, 0.05) is 0 Å². The van der Waals surface area contributed by atoms with Gasteiger partial charge >= 0.3 is 24.1 Å². The summed E-state index contributed by atoms with van der Waals surface area (Å²) in [5.41, 5.74) is 0. The highest BCUT2D eigenvalue weighted by Crippen LogP contribution is 2.16. The minimum atomic E-state index is -4.74. The van der Waals surface area contributed by atoms with Crippen molar-refractivity contribution in [3.63, 3.8) is 0 Å². The van der Waals surface area contributed by atoms with Gasteiger partial charge < -0.3 is 20.1 Å². The van der Waals surface area contributed by atoms with E-state index in [2.05, 4.69) is 4.74 Å². The van der Waals surface area contributed by atoms with E-state index in [9.17, 15) is 27.6 Å². The fraction of sp³-hybridized carbons (Fsp3) is 0.667. The molecule has 0 aromatic carbocycles. The molecule has 0 aliphatic rings. The van der Waals surface area contributed by atoms with Gasteiger partial charge in [-0.2, -0.15) is 13.2 Å². The number of hydrogen-bond donors (Lipinski definition) is 2. The third-order valence-electron chi connectivity index (χ3n) is 1.67. The Bertz CT molecular complexity index is 345. The van der Waals surface area contributed by atoms with Crippen LogP contribution in [0.3, 0.4) is 0 Å². The van der Waals surface area contributed by atoms with E-state index in [0.29, 0.717) is 0 Å². The third kappa shape index (κ3) is 8.69. The van der Waals surface area contributed by atoms with Gasteiger partial charge in [-0.15, -0.1) is 0 Å². The summed E-state index contributed by atoms with van der Waals surface area (Å²) in [5, 5.41) is 10.3. The van der Waals surface area contributed by atoms with Crippen LogP contribution in [0.4, 0.5) is 18.0 Å². The molecule has 10 heteroatoms. The molecule has 0 fully saturated rings. The number of aliphatic carboxylic acids is 1. The van der Waals surface area contributed by atoms with Crippen LogP contribution in [0.2, 0.25) is 0 Å². The van der Waals surface area contributed by atoms with E-state index in [1.807, 2.05) is 5.32 Å². The number of carboxylic acid groups (broad SMARTS) is 1. The molecular weight excluding hydrogens is 273 g/mol. The van der Waals surface area contributed by atoms with Crippen molar-refractivity contribution in [2.45, 2.75) is 13.1 Å². The first-order valence-corrected chi connectivity index (χ1v) is 5.12. The molecule has 0 saturated carbocycles. The van der Waals surface area contributed by atoms with Crippen molar-refractivity contribution in [3.05, 3.63) is 0 Å². The molecule has 0 rings (SSSR count). The zero-order valence-electron chi connectivity index (χ0n) is 9.99. The number of carbonyl (C=O) groups excluding carboxylic acids is 2. The molecule has 19 heavy (non-hydrogen) atoms. The van der Waals surface area contributed by atoms with Crippen LogP contribution in [0.5, 0.6) is 0 Å². The van der Waals surface area contributed by atoms with Crippen LogP contribution in [-0.4, -0.2) is 60.4 Å². The number of esters is 1. The number of carbonyl (C=O) groups is 3. The quantitative estimate of drug-likeness (QED) is 0.680. The second-order valence-electron chi connectivity index (χ2n) is 3.33. The molecule has 0 saturated heterocycles. The lowest BCUT2D eigenvalue weighted by Crippen LogP contribution is -2.48. The van der Waals surface area contributed by atoms with Crippen LogP contribution in [0.15, 0.2) is 0 Å². The Labute approximate surface area is 106 Å². The maximum absolute atomic E-state index is 12.1. The predicted octanol–water partition coefficient (Wildman–Crippen LogP) is 0.208. The lowest BCUT2D eigenvalue weighted by Gasteiger charge is -2.22. The fourth-order valence-electron chi connectivity index (χ4n) is 1.05. The topological polar surface area (TPSA) is 95.9 Å². The molecule has 7 nitrogen and oxygen atoms in total. The van der Waals surface area contributed by atoms with Crippen molar-refractivity contribution < 1.29 is 37.4 Å². The Morgan fingerprint density at radius 1 is 1.32 bits per heavy atom. The van der Waals surface area contributed by atoms with Crippen molar-refractivity contribution in [2.24, 2.45) is 0 Å². The number of urea groups is 1. The van der Waals surface area contributed by atoms with Crippen molar-refractivity contribution in [3.8, 4) is 0 Å². The fourth-order valence-corrected chi connectivity index (χ4v) is 1.05. The standard InChI is InChI=1S/C9H13F3N2O5/c1-2-19-7(17)3-13-8(18)14(4-6(15)16)5-9(10,11)12/h2-5H2,1H3,(H,13,18)(H,15,16). The van der Waals surface area contributed by atoms with Gasteiger partial charge in [0.2, 0.25) is 0 Å². The summed E-state index contributed by atoms with van der Waals surface area (Å²) in [4.78, 5) is 32.6. The molecule has 0 atom stereocenters. The van der Waals surface area contributed by atoms with E-state index >= 15 is 0 Å². The predicted molar refractivity (Wildman–Crippen MR) is 55.3 cm³/mol. The van der Waals surface area contributed by atoms with E-state index in [-0.39, 0.29) is 11.5 Å². The maximum Gasteiger partial charge on any atom is 0.406 e. The summed E-state index contributed by atoms with van der Waals surface area (Å²) in [5.74, 6) is -2.44. The van der Waals surface area contributed by atoms with E-state index in [0.717, 1.165) is 0 Å². The molecule has 2 N–H and O–H groups in total. The van der Waals surface area contributed by atoms with Crippen molar-refractivity contribution in [2.75, 3.05) is 26.2 Å². The summed E-state index contributed by atoms with van der Waals surface area (Å²) in [7, 11) is 0. The lowest BCUT2D eigenvalue weighted by atomic mass is 10.4. The number of carboxylic acids is 1. The highest BCUT2D eigenvalue weighted by Gasteiger charge is 2.34. The van der Waals surface area contributed by atoms with Crippen LogP contribution in [0, 0.1) is 0 Å². The summed E-state index contributed by atoms with van der Waals surface area (Å²) >= 11 is 0. The van der Waals surface area contributed by atoms with Gasteiger partial charge in [-0.25, -0.2) is 4.79 Å². The van der Waals surface area contributed by atoms with Gasteiger partial charge in [0.05, 0.1) is 6.61 Å². The van der Waals surface area contributed by atoms with E-state index in [4.69, 9.17) is 5.11 Å². The number of hydrogen-bond acceptors (Lipinski definition) is 4. The van der Waals surface area contributed by atoms with E-state index < -0.39 is 43.8 Å². The van der Waals surface area contributed by atoms with Crippen LogP contribution in [0.1, 0.15) is 6.92 Å². The molecule has 2 amide bonds. The highest BCUT2D eigenvalue weighted by atomic mass is 19.4. The van der Waals surface area contributed by atoms with E-state index in [1.165, 1.54) is 6.92 Å². The largest absolute Gasteiger partial charge is 0.480 e. The van der Waals surface area contributed by atoms with Crippen LogP contribution in [0.25, 0.3) is 0 Å². The van der Waals surface area contributed by atoms with Crippen LogP contribution < -0.4 is 5.32 Å². The summed E-state index contributed by atoms with van der Waals surface area (Å²) in [6.45, 7) is -1.93. The monoisotopic (exact) mass is 286 g/mol. The molecule has 0 aliphatic heterocycles. The van der Waals surface area contributed by atoms with Gasteiger partial charge in [-0.3, -0.25) is 9.59 Å². The molecule has 0 bridgehead atoms. The molecule has 0 spiro atoms. The second-order valence-corrected chi connectivity index (χ2v) is 3.33. The minimum absolute atomic E-state index is 0.0293. The molecule has 0 radical (unpaired) electrons. The Morgan fingerprint density at radius 2 is 1.89 bits per heavy atom. The summed E-state index contributed by atoms with van der Waals surface area (Å²) in [6.07, 6.45) is -4.74. The van der Waals surface area contributed by atoms with E-state index in [1.54, 1.807) is 0 Å². The second kappa shape index (κ2) is 7.44. The number of amides is 2. The normalized spacial score (nSPS) is 10.7. The maximum atomic E-state index is 12.1. The van der Waals surface area contributed by atoms with Crippen molar-refractivity contribution in [1.82, 2.24) is 10.2 Å². The van der Waals surface area contributed by atoms with Crippen molar-refractivity contribution in [1.29, 1.82) is 0 Å². The SMILES string of the molecule is CCOC(=O)CNC(=O)N(CC(=O)O)CC(F)(F)F. The van der Waals surface area contributed by atoms with Crippen LogP contribution >= 0.6 is 0 Å². The first kappa shape index (κ1) is 17.0. The summed E-state index contributed by atoms with van der Waals surface area (Å²) in [6, 6.07) is -1.31. The Morgan fingerprint density at radius 3 is 2.32 bits per heavy atom. The number of ether oxygens (including phenoxy) is 1. The molecule has 110 valence electrons. The number of nitrogens with one attached hydrogen (secondary N) is 1.